The Morgan fingerprint density at radius 2 is 2.35 bits per heavy atom. The van der Waals surface area contributed by atoms with Gasteiger partial charge in [-0.25, -0.2) is 9.18 Å². The molecule has 5 nitrogen and oxygen atoms in total. The molecular formula is C11H10FNO4. The predicted octanol–water partition coefficient (Wildman–Crippen LogP) is 1.63. The van der Waals surface area contributed by atoms with Crippen molar-refractivity contribution in [2.24, 2.45) is 0 Å². The summed E-state index contributed by atoms with van der Waals surface area (Å²) in [6.07, 6.45) is -0.885. The summed E-state index contributed by atoms with van der Waals surface area (Å²) in [5.74, 6) is -1.52. The van der Waals surface area contributed by atoms with Crippen molar-refractivity contribution >= 4 is 17.7 Å². The number of benzene rings is 1. The zero-order valence-electron chi connectivity index (χ0n) is 8.80. The first-order chi connectivity index (χ1) is 8.08. The van der Waals surface area contributed by atoms with Gasteiger partial charge in [-0.1, -0.05) is 6.07 Å². The monoisotopic (exact) mass is 239 g/mol. The van der Waals surface area contributed by atoms with E-state index in [1.807, 2.05) is 0 Å². The third-order valence-corrected chi connectivity index (χ3v) is 2.46. The highest BCUT2D eigenvalue weighted by Crippen LogP contribution is 2.25. The van der Waals surface area contributed by atoms with E-state index in [1.165, 1.54) is 24.3 Å². The Morgan fingerprint density at radius 3 is 3.00 bits per heavy atom. The number of carboxylic acids is 1. The number of ether oxygens (including phenoxy) is 1. The fraction of sp³-hybridized carbons (Fsp3) is 0.273. The molecule has 1 amide bonds. The van der Waals surface area contributed by atoms with Gasteiger partial charge in [-0.3, -0.25) is 9.69 Å². The third kappa shape index (κ3) is 2.35. The molecule has 17 heavy (non-hydrogen) atoms. The van der Waals surface area contributed by atoms with E-state index < -0.39 is 23.9 Å². The molecule has 1 aliphatic heterocycles. The van der Waals surface area contributed by atoms with E-state index in [4.69, 9.17) is 9.84 Å². The fourth-order valence-electron chi connectivity index (χ4n) is 1.75. The van der Waals surface area contributed by atoms with Gasteiger partial charge in [-0.05, 0) is 18.2 Å². The Balaban J connectivity index is 2.27. The number of halogens is 1. The number of carboxylic acid groups (broad SMARTS) is 1. The smallest absolute Gasteiger partial charge is 0.414 e. The number of hydrogen-bond acceptors (Lipinski definition) is 3. The molecule has 1 fully saturated rings. The van der Waals surface area contributed by atoms with Crippen molar-refractivity contribution in [2.75, 3.05) is 11.5 Å². The van der Waals surface area contributed by atoms with Gasteiger partial charge >= 0.3 is 12.1 Å². The van der Waals surface area contributed by atoms with Gasteiger partial charge in [0.25, 0.3) is 0 Å². The highest BCUT2D eigenvalue weighted by molar-refractivity contribution is 5.91. The van der Waals surface area contributed by atoms with E-state index in [9.17, 15) is 14.0 Å². The molecule has 1 heterocycles. The van der Waals surface area contributed by atoms with Gasteiger partial charge < -0.3 is 9.84 Å². The SMILES string of the molecule is O=C(O)CC1COC(=O)N1c1cccc(F)c1. The van der Waals surface area contributed by atoms with Crippen LogP contribution in [0.4, 0.5) is 14.9 Å². The molecule has 0 spiro atoms. The van der Waals surface area contributed by atoms with Gasteiger partial charge in [0, 0.05) is 0 Å². The molecule has 90 valence electrons. The molecule has 1 saturated heterocycles. The molecular weight excluding hydrogens is 229 g/mol. The highest BCUT2D eigenvalue weighted by atomic mass is 19.1. The van der Waals surface area contributed by atoms with Crippen LogP contribution in [0.2, 0.25) is 0 Å². The lowest BCUT2D eigenvalue weighted by Crippen LogP contribution is -2.35. The van der Waals surface area contributed by atoms with Crippen molar-refractivity contribution in [3.63, 3.8) is 0 Å². The minimum Gasteiger partial charge on any atom is -0.481 e. The van der Waals surface area contributed by atoms with Crippen LogP contribution in [-0.2, 0) is 9.53 Å². The zero-order valence-corrected chi connectivity index (χ0v) is 8.80. The Kier molecular flexibility index (Phi) is 2.95. The minimum atomic E-state index is -1.03. The molecule has 6 heteroatoms. The van der Waals surface area contributed by atoms with E-state index in [2.05, 4.69) is 0 Å². The van der Waals surface area contributed by atoms with Gasteiger partial charge in [0.1, 0.15) is 12.4 Å². The van der Waals surface area contributed by atoms with E-state index in [0.29, 0.717) is 5.69 Å². The first kappa shape index (κ1) is 11.4. The molecule has 1 N–H and O–H groups in total. The van der Waals surface area contributed by atoms with Gasteiger partial charge in [0.15, 0.2) is 0 Å². The van der Waals surface area contributed by atoms with Crippen molar-refractivity contribution in [1.29, 1.82) is 0 Å². The molecule has 1 aromatic carbocycles. The summed E-state index contributed by atoms with van der Waals surface area (Å²) >= 11 is 0. The second kappa shape index (κ2) is 4.40. The maximum atomic E-state index is 13.0. The second-order valence-corrected chi connectivity index (χ2v) is 3.68. The molecule has 0 radical (unpaired) electrons. The number of cyclic esters (lactones) is 1. The lowest BCUT2D eigenvalue weighted by atomic mass is 10.2. The van der Waals surface area contributed by atoms with Gasteiger partial charge in [-0.2, -0.15) is 0 Å². The number of amides is 1. The average Bonchev–Trinajstić information content (AvgIpc) is 2.59. The van der Waals surface area contributed by atoms with Crippen LogP contribution in [0.5, 0.6) is 0 Å². The number of carbonyl (C=O) groups is 2. The summed E-state index contributed by atoms with van der Waals surface area (Å²) in [6, 6.07) is 4.80. The molecule has 1 unspecified atom stereocenters. The molecule has 1 aromatic rings. The summed E-state index contributed by atoms with van der Waals surface area (Å²) < 4.78 is 17.8. The van der Waals surface area contributed by atoms with E-state index in [0.717, 1.165) is 4.90 Å². The first-order valence-corrected chi connectivity index (χ1v) is 5.01. The molecule has 1 aliphatic rings. The summed E-state index contributed by atoms with van der Waals surface area (Å²) in [5, 5.41) is 8.71. The summed E-state index contributed by atoms with van der Waals surface area (Å²) in [5.41, 5.74) is 0.304. The zero-order chi connectivity index (χ0) is 12.4. The quantitative estimate of drug-likeness (QED) is 0.870. The van der Waals surface area contributed by atoms with Crippen LogP contribution in [0.1, 0.15) is 6.42 Å². The maximum absolute atomic E-state index is 13.0. The fourth-order valence-corrected chi connectivity index (χ4v) is 1.75. The van der Waals surface area contributed by atoms with Crippen molar-refractivity contribution in [3.05, 3.63) is 30.1 Å². The number of hydrogen-bond donors (Lipinski definition) is 1. The third-order valence-electron chi connectivity index (χ3n) is 2.46. The molecule has 1 atom stereocenters. The van der Waals surface area contributed by atoms with Gasteiger partial charge in [0.2, 0.25) is 0 Å². The topological polar surface area (TPSA) is 66.8 Å². The first-order valence-electron chi connectivity index (χ1n) is 5.01. The maximum Gasteiger partial charge on any atom is 0.414 e. The van der Waals surface area contributed by atoms with Crippen LogP contribution in [0.15, 0.2) is 24.3 Å². The predicted molar refractivity (Wildman–Crippen MR) is 56.3 cm³/mol. The molecule has 2 rings (SSSR count). The van der Waals surface area contributed by atoms with Gasteiger partial charge in [-0.15, -0.1) is 0 Å². The van der Waals surface area contributed by atoms with Gasteiger partial charge in [0.05, 0.1) is 18.2 Å². The summed E-state index contributed by atoms with van der Waals surface area (Å²) in [6.45, 7) is 0.00163. The minimum absolute atomic E-state index is 0.00163. The van der Waals surface area contributed by atoms with E-state index >= 15 is 0 Å². The van der Waals surface area contributed by atoms with Crippen LogP contribution in [-0.4, -0.2) is 29.8 Å². The van der Waals surface area contributed by atoms with E-state index in [-0.39, 0.29) is 13.0 Å². The average molecular weight is 239 g/mol. The van der Waals surface area contributed by atoms with E-state index in [1.54, 1.807) is 0 Å². The Bertz CT molecular complexity index is 463. The lowest BCUT2D eigenvalue weighted by molar-refractivity contribution is -0.137. The van der Waals surface area contributed by atoms with Crippen molar-refractivity contribution in [3.8, 4) is 0 Å². The van der Waals surface area contributed by atoms with Crippen LogP contribution < -0.4 is 4.90 Å². The van der Waals surface area contributed by atoms with Crippen molar-refractivity contribution < 1.29 is 23.8 Å². The number of nitrogens with zero attached hydrogens (tertiary/aromatic N) is 1. The Hall–Kier alpha value is -2.11. The normalized spacial score (nSPS) is 19.2. The molecule has 0 bridgehead atoms. The Labute approximate surface area is 96.4 Å². The summed E-state index contributed by atoms with van der Waals surface area (Å²) in [7, 11) is 0. The number of anilines is 1. The highest BCUT2D eigenvalue weighted by Gasteiger charge is 2.35. The standard InChI is InChI=1S/C11H10FNO4/c12-7-2-1-3-8(4-7)13-9(5-10(14)15)6-17-11(13)16/h1-4,9H,5-6H2,(H,14,15). The van der Waals surface area contributed by atoms with Crippen LogP contribution in [0.25, 0.3) is 0 Å². The molecule has 0 aromatic heterocycles. The lowest BCUT2D eigenvalue weighted by Gasteiger charge is -2.19. The number of carbonyl (C=O) groups excluding carboxylic acids is 1. The van der Waals surface area contributed by atoms with Crippen LogP contribution in [0.3, 0.4) is 0 Å². The second-order valence-electron chi connectivity index (χ2n) is 3.68. The molecule has 0 aliphatic carbocycles. The number of aliphatic carboxylic acids is 1. The van der Waals surface area contributed by atoms with Crippen molar-refractivity contribution in [1.82, 2.24) is 0 Å². The van der Waals surface area contributed by atoms with Crippen molar-refractivity contribution in [2.45, 2.75) is 12.5 Å². The van der Waals surface area contributed by atoms with Crippen LogP contribution >= 0.6 is 0 Å². The largest absolute Gasteiger partial charge is 0.481 e. The molecule has 0 saturated carbocycles. The van der Waals surface area contributed by atoms with Crippen LogP contribution in [0, 0.1) is 5.82 Å². The summed E-state index contributed by atoms with van der Waals surface area (Å²) in [4.78, 5) is 23.3. The Morgan fingerprint density at radius 1 is 1.59 bits per heavy atom. The number of rotatable bonds is 3.